The number of nitrogens with one attached hydrogen (secondary N) is 2. The Bertz CT molecular complexity index is 947. The Morgan fingerprint density at radius 2 is 1.74 bits per heavy atom. The second-order valence-electron chi connectivity index (χ2n) is 5.32. The topological polar surface area (TPSA) is 93.2 Å². The number of hydrogen-bond donors (Lipinski definition) is 2. The zero-order valence-corrected chi connectivity index (χ0v) is 15.6. The van der Waals surface area contributed by atoms with Gasteiger partial charge in [-0.2, -0.15) is 0 Å². The summed E-state index contributed by atoms with van der Waals surface area (Å²) in [4.78, 5) is 32.0. The predicted molar refractivity (Wildman–Crippen MR) is 103 cm³/mol. The SMILES string of the molecule is O=C(COc1ccc(Cl)cc1)NNC(=O)CSc1ncnc2ccccc12. The van der Waals surface area contributed by atoms with Crippen molar-refractivity contribution in [3.05, 3.63) is 59.9 Å². The van der Waals surface area contributed by atoms with Crippen molar-refractivity contribution in [3.63, 3.8) is 0 Å². The quantitative estimate of drug-likeness (QED) is 0.374. The van der Waals surface area contributed by atoms with Crippen LogP contribution in [-0.4, -0.2) is 34.1 Å². The minimum Gasteiger partial charge on any atom is -0.484 e. The highest BCUT2D eigenvalue weighted by molar-refractivity contribution is 8.00. The molecule has 3 rings (SSSR count). The van der Waals surface area contributed by atoms with Crippen LogP contribution in [-0.2, 0) is 9.59 Å². The lowest BCUT2D eigenvalue weighted by molar-refractivity contribution is -0.128. The molecule has 0 saturated carbocycles. The van der Waals surface area contributed by atoms with Gasteiger partial charge in [0.1, 0.15) is 17.1 Å². The van der Waals surface area contributed by atoms with E-state index in [2.05, 4.69) is 20.8 Å². The molecule has 0 radical (unpaired) electrons. The molecular weight excluding hydrogens is 388 g/mol. The van der Waals surface area contributed by atoms with Gasteiger partial charge in [-0.15, -0.1) is 0 Å². The van der Waals surface area contributed by atoms with Crippen LogP contribution in [0.5, 0.6) is 5.75 Å². The van der Waals surface area contributed by atoms with Crippen molar-refractivity contribution in [1.29, 1.82) is 0 Å². The number of halogens is 1. The van der Waals surface area contributed by atoms with Gasteiger partial charge in [-0.25, -0.2) is 9.97 Å². The minimum absolute atomic E-state index is 0.0966. The fraction of sp³-hybridized carbons (Fsp3) is 0.111. The molecule has 0 bridgehead atoms. The fourth-order valence-electron chi connectivity index (χ4n) is 2.12. The summed E-state index contributed by atoms with van der Waals surface area (Å²) >= 11 is 7.04. The first-order valence-corrected chi connectivity index (χ1v) is 9.27. The summed E-state index contributed by atoms with van der Waals surface area (Å²) in [6.07, 6.45) is 1.46. The molecular formula is C18H15ClN4O3S. The molecule has 0 atom stereocenters. The van der Waals surface area contributed by atoms with Crippen LogP contribution in [0.3, 0.4) is 0 Å². The van der Waals surface area contributed by atoms with Crippen LogP contribution < -0.4 is 15.6 Å². The first-order valence-electron chi connectivity index (χ1n) is 7.90. The largest absolute Gasteiger partial charge is 0.484 e. The molecule has 0 unspecified atom stereocenters. The average Bonchev–Trinajstić information content (AvgIpc) is 2.70. The Labute approximate surface area is 164 Å². The van der Waals surface area contributed by atoms with Crippen LogP contribution in [0.4, 0.5) is 0 Å². The first-order chi connectivity index (χ1) is 13.1. The van der Waals surface area contributed by atoms with Gasteiger partial charge in [0.05, 0.1) is 11.3 Å². The Balaban J connectivity index is 1.42. The van der Waals surface area contributed by atoms with Crippen molar-refractivity contribution in [1.82, 2.24) is 20.8 Å². The van der Waals surface area contributed by atoms with E-state index in [9.17, 15) is 9.59 Å². The number of hydrogen-bond acceptors (Lipinski definition) is 6. The lowest BCUT2D eigenvalue weighted by atomic mass is 10.2. The van der Waals surface area contributed by atoms with Crippen LogP contribution in [0.15, 0.2) is 59.9 Å². The molecule has 2 aromatic carbocycles. The second-order valence-corrected chi connectivity index (χ2v) is 6.72. The van der Waals surface area contributed by atoms with Gasteiger partial charge >= 0.3 is 0 Å². The van der Waals surface area contributed by atoms with Crippen LogP contribution in [0.2, 0.25) is 5.02 Å². The zero-order valence-electron chi connectivity index (χ0n) is 14.0. The highest BCUT2D eigenvalue weighted by atomic mass is 35.5. The van der Waals surface area contributed by atoms with Crippen LogP contribution in [0.25, 0.3) is 10.9 Å². The monoisotopic (exact) mass is 402 g/mol. The van der Waals surface area contributed by atoms with Crippen molar-refractivity contribution in [2.45, 2.75) is 5.03 Å². The summed E-state index contributed by atoms with van der Waals surface area (Å²) in [6.45, 7) is -0.231. The highest BCUT2D eigenvalue weighted by Gasteiger charge is 2.09. The van der Waals surface area contributed by atoms with E-state index in [0.717, 1.165) is 10.9 Å². The lowest BCUT2D eigenvalue weighted by Crippen LogP contribution is -2.44. The van der Waals surface area contributed by atoms with Crippen LogP contribution >= 0.6 is 23.4 Å². The molecule has 2 N–H and O–H groups in total. The number of nitrogens with zero attached hydrogens (tertiary/aromatic N) is 2. The lowest BCUT2D eigenvalue weighted by Gasteiger charge is -2.09. The molecule has 0 fully saturated rings. The van der Waals surface area contributed by atoms with Crippen molar-refractivity contribution < 1.29 is 14.3 Å². The van der Waals surface area contributed by atoms with Gasteiger partial charge < -0.3 is 4.74 Å². The number of benzene rings is 2. The number of rotatable bonds is 6. The molecule has 27 heavy (non-hydrogen) atoms. The minimum atomic E-state index is -0.476. The maximum absolute atomic E-state index is 11.9. The molecule has 138 valence electrons. The van der Waals surface area contributed by atoms with Crippen molar-refractivity contribution in [2.24, 2.45) is 0 Å². The van der Waals surface area contributed by atoms with Gasteiger partial charge in [-0.1, -0.05) is 41.6 Å². The normalized spacial score (nSPS) is 10.4. The van der Waals surface area contributed by atoms with E-state index in [-0.39, 0.29) is 18.3 Å². The molecule has 2 amide bonds. The number of thioether (sulfide) groups is 1. The number of hydrazine groups is 1. The summed E-state index contributed by atoms with van der Waals surface area (Å²) < 4.78 is 5.29. The summed E-state index contributed by atoms with van der Waals surface area (Å²) in [7, 11) is 0. The Hall–Kier alpha value is -2.84. The summed E-state index contributed by atoms with van der Waals surface area (Å²) in [5, 5.41) is 2.15. The standard InChI is InChI=1S/C18H15ClN4O3S/c19-12-5-7-13(8-6-12)26-9-16(24)22-23-17(25)10-27-18-14-3-1-2-4-15(14)20-11-21-18/h1-8,11H,9-10H2,(H,22,24)(H,23,25). The molecule has 1 aromatic heterocycles. The molecule has 7 nitrogen and oxygen atoms in total. The van der Waals surface area contributed by atoms with Crippen molar-refractivity contribution in [2.75, 3.05) is 12.4 Å². The molecule has 1 heterocycles. The van der Waals surface area contributed by atoms with E-state index < -0.39 is 5.91 Å². The maximum Gasteiger partial charge on any atom is 0.276 e. The summed E-state index contributed by atoms with van der Waals surface area (Å²) in [5.41, 5.74) is 5.45. The predicted octanol–water partition coefficient (Wildman–Crippen LogP) is 2.60. The molecule has 0 saturated heterocycles. The van der Waals surface area contributed by atoms with E-state index in [1.54, 1.807) is 24.3 Å². The van der Waals surface area contributed by atoms with E-state index in [1.807, 2.05) is 24.3 Å². The molecule has 0 spiro atoms. The molecule has 0 aliphatic rings. The number of carbonyl (C=O) groups is 2. The van der Waals surface area contributed by atoms with Gasteiger partial charge in [-0.05, 0) is 30.3 Å². The molecule has 0 aliphatic carbocycles. The van der Waals surface area contributed by atoms with Crippen molar-refractivity contribution >= 4 is 46.1 Å². The zero-order chi connectivity index (χ0) is 19.1. The van der Waals surface area contributed by atoms with E-state index in [0.29, 0.717) is 15.8 Å². The highest BCUT2D eigenvalue weighted by Crippen LogP contribution is 2.23. The number of ether oxygens (including phenoxy) is 1. The van der Waals surface area contributed by atoms with Gasteiger partial charge in [0.15, 0.2) is 6.61 Å². The molecule has 3 aromatic rings. The first kappa shape index (κ1) is 18.9. The second kappa shape index (κ2) is 9.20. The number of para-hydroxylation sites is 1. The summed E-state index contributed by atoms with van der Waals surface area (Å²) in [5.74, 6) is -0.232. The Morgan fingerprint density at radius 3 is 2.56 bits per heavy atom. The Morgan fingerprint density at radius 1 is 1.00 bits per heavy atom. The third kappa shape index (κ3) is 5.57. The maximum atomic E-state index is 11.9. The number of aromatic nitrogens is 2. The van der Waals surface area contributed by atoms with Crippen LogP contribution in [0, 0.1) is 0 Å². The van der Waals surface area contributed by atoms with E-state index >= 15 is 0 Å². The van der Waals surface area contributed by atoms with Gasteiger partial charge in [0.2, 0.25) is 5.91 Å². The smallest absolute Gasteiger partial charge is 0.276 e. The van der Waals surface area contributed by atoms with Gasteiger partial charge in [0.25, 0.3) is 5.91 Å². The number of carbonyl (C=O) groups excluding carboxylic acids is 2. The van der Waals surface area contributed by atoms with Crippen molar-refractivity contribution in [3.8, 4) is 5.75 Å². The molecule has 0 aliphatic heterocycles. The number of amides is 2. The van der Waals surface area contributed by atoms with Gasteiger partial charge in [-0.3, -0.25) is 20.4 Å². The number of fused-ring (bicyclic) bond motifs is 1. The van der Waals surface area contributed by atoms with Crippen LogP contribution in [0.1, 0.15) is 0 Å². The van der Waals surface area contributed by atoms with Gasteiger partial charge in [0, 0.05) is 10.4 Å². The fourth-order valence-corrected chi connectivity index (χ4v) is 3.04. The summed E-state index contributed by atoms with van der Waals surface area (Å²) in [6, 6.07) is 14.2. The third-order valence-electron chi connectivity index (χ3n) is 3.37. The Kier molecular flexibility index (Phi) is 6.45. The van der Waals surface area contributed by atoms with E-state index in [1.165, 1.54) is 18.1 Å². The molecule has 9 heteroatoms. The average molecular weight is 403 g/mol. The third-order valence-corrected chi connectivity index (χ3v) is 4.63. The van der Waals surface area contributed by atoms with E-state index in [4.69, 9.17) is 16.3 Å².